The third-order valence-corrected chi connectivity index (χ3v) is 4.60. The number of hydrogen-bond donors (Lipinski definition) is 0. The van der Waals surface area contributed by atoms with Gasteiger partial charge in [-0.3, -0.25) is 14.3 Å². The van der Waals surface area contributed by atoms with Crippen molar-refractivity contribution >= 4 is 34.2 Å². The monoisotopic (exact) mass is 372 g/mol. The van der Waals surface area contributed by atoms with E-state index < -0.39 is 5.56 Å². The van der Waals surface area contributed by atoms with Gasteiger partial charge in [0.1, 0.15) is 22.4 Å². The normalized spacial score (nSPS) is 11.1. The zero-order valence-corrected chi connectivity index (χ0v) is 15.4. The predicted octanol–water partition coefficient (Wildman–Crippen LogP) is 4.39. The van der Waals surface area contributed by atoms with Crippen molar-refractivity contribution in [3.05, 3.63) is 61.7 Å². The third-order valence-electron chi connectivity index (χ3n) is 3.93. The molecule has 0 saturated heterocycles. The maximum Gasteiger partial charge on any atom is 0.274 e. The van der Waals surface area contributed by atoms with Crippen LogP contribution in [0.15, 0.2) is 29.2 Å². The molecule has 0 aliphatic rings. The van der Waals surface area contributed by atoms with Crippen molar-refractivity contribution in [1.82, 2.24) is 14.5 Å². The Labute approximate surface area is 154 Å². The van der Waals surface area contributed by atoms with Crippen LogP contribution in [0.5, 0.6) is 0 Å². The summed E-state index contributed by atoms with van der Waals surface area (Å²) >= 11 is 12.1. The van der Waals surface area contributed by atoms with Crippen molar-refractivity contribution in [2.24, 2.45) is 0 Å². The number of hydrogen-bond acceptors (Lipinski definition) is 4. The SMILES string of the molecule is Cc1ccnc(C(C)C)c1-n1c(=O)c(C#N)cc2cc(Cl)c(Cl)nc21. The van der Waals surface area contributed by atoms with E-state index in [1.165, 1.54) is 10.6 Å². The summed E-state index contributed by atoms with van der Waals surface area (Å²) in [7, 11) is 0. The van der Waals surface area contributed by atoms with E-state index in [4.69, 9.17) is 23.2 Å². The minimum absolute atomic E-state index is 0.00523. The Kier molecular flexibility index (Phi) is 4.51. The topological polar surface area (TPSA) is 71.6 Å². The average molecular weight is 373 g/mol. The highest BCUT2D eigenvalue weighted by Crippen LogP contribution is 2.29. The van der Waals surface area contributed by atoms with E-state index in [-0.39, 0.29) is 21.7 Å². The number of aromatic nitrogens is 3. The molecule has 0 aliphatic heterocycles. The zero-order valence-electron chi connectivity index (χ0n) is 13.8. The van der Waals surface area contributed by atoms with Crippen molar-refractivity contribution in [3.8, 4) is 11.8 Å². The summed E-state index contributed by atoms with van der Waals surface area (Å²) in [4.78, 5) is 21.7. The Hall–Kier alpha value is -2.42. The Morgan fingerprint density at radius 2 is 2.00 bits per heavy atom. The number of nitrogens with zero attached hydrogens (tertiary/aromatic N) is 4. The molecule has 0 aromatic carbocycles. The van der Waals surface area contributed by atoms with E-state index in [2.05, 4.69) is 9.97 Å². The molecule has 0 atom stereocenters. The van der Waals surface area contributed by atoms with Crippen LogP contribution in [0, 0.1) is 18.3 Å². The van der Waals surface area contributed by atoms with Crippen LogP contribution >= 0.6 is 23.2 Å². The molecule has 0 aliphatic carbocycles. The van der Waals surface area contributed by atoms with Gasteiger partial charge in [0.25, 0.3) is 5.56 Å². The second kappa shape index (κ2) is 6.47. The molecule has 3 rings (SSSR count). The predicted molar refractivity (Wildman–Crippen MR) is 98.7 cm³/mol. The summed E-state index contributed by atoms with van der Waals surface area (Å²) in [6.07, 6.45) is 1.70. The van der Waals surface area contributed by atoms with Crippen LogP contribution in [0.1, 0.15) is 36.6 Å². The van der Waals surface area contributed by atoms with Gasteiger partial charge in [-0.25, -0.2) is 4.98 Å². The van der Waals surface area contributed by atoms with Crippen LogP contribution < -0.4 is 5.56 Å². The quantitative estimate of drug-likeness (QED) is 0.625. The molecule has 126 valence electrons. The van der Waals surface area contributed by atoms with Crippen LogP contribution in [-0.2, 0) is 0 Å². The van der Waals surface area contributed by atoms with E-state index in [1.807, 2.05) is 32.9 Å². The number of pyridine rings is 3. The molecule has 0 bridgehead atoms. The Bertz CT molecular complexity index is 1100. The lowest BCUT2D eigenvalue weighted by Crippen LogP contribution is -2.24. The van der Waals surface area contributed by atoms with Gasteiger partial charge in [0.05, 0.1) is 16.4 Å². The van der Waals surface area contributed by atoms with Gasteiger partial charge in [-0.2, -0.15) is 5.26 Å². The van der Waals surface area contributed by atoms with Crippen LogP contribution in [0.3, 0.4) is 0 Å². The van der Waals surface area contributed by atoms with Crippen LogP contribution in [0.2, 0.25) is 10.2 Å². The molecule has 0 amide bonds. The van der Waals surface area contributed by atoms with Crippen molar-refractivity contribution in [2.45, 2.75) is 26.7 Å². The molecule has 3 heterocycles. The molecule has 0 saturated carbocycles. The summed E-state index contributed by atoms with van der Waals surface area (Å²) in [5.74, 6) is 0.0744. The molecule has 7 heteroatoms. The van der Waals surface area contributed by atoms with Gasteiger partial charge in [0, 0.05) is 11.6 Å². The lowest BCUT2D eigenvalue weighted by Gasteiger charge is -2.18. The number of rotatable bonds is 2. The summed E-state index contributed by atoms with van der Waals surface area (Å²) < 4.78 is 1.41. The van der Waals surface area contributed by atoms with Gasteiger partial charge in [0.15, 0.2) is 0 Å². The van der Waals surface area contributed by atoms with Gasteiger partial charge in [-0.1, -0.05) is 37.0 Å². The standard InChI is InChI=1S/C18H14Cl2N4O/c1-9(2)14-15(10(3)4-5-22-14)24-17-11(6-12(8-21)18(24)25)7-13(19)16(20)23-17/h4-7,9H,1-3H3. The highest BCUT2D eigenvalue weighted by atomic mass is 35.5. The summed E-state index contributed by atoms with van der Waals surface area (Å²) in [6, 6.07) is 6.83. The van der Waals surface area contributed by atoms with Crippen molar-refractivity contribution < 1.29 is 0 Å². The maximum atomic E-state index is 12.9. The van der Waals surface area contributed by atoms with Gasteiger partial charge in [-0.15, -0.1) is 0 Å². The number of aryl methyl sites for hydroxylation is 1. The molecular weight excluding hydrogens is 359 g/mol. The first-order valence-electron chi connectivity index (χ1n) is 7.63. The van der Waals surface area contributed by atoms with E-state index in [0.717, 1.165) is 11.3 Å². The largest absolute Gasteiger partial charge is 0.274 e. The molecule has 3 aromatic rings. The van der Waals surface area contributed by atoms with Crippen molar-refractivity contribution in [2.75, 3.05) is 0 Å². The first kappa shape index (κ1) is 17.4. The molecule has 0 N–H and O–H groups in total. The molecule has 0 unspecified atom stereocenters. The highest BCUT2D eigenvalue weighted by Gasteiger charge is 2.20. The first-order valence-corrected chi connectivity index (χ1v) is 8.38. The van der Waals surface area contributed by atoms with Crippen LogP contribution in [-0.4, -0.2) is 14.5 Å². The van der Waals surface area contributed by atoms with Gasteiger partial charge in [-0.05, 0) is 36.6 Å². The number of fused-ring (bicyclic) bond motifs is 1. The van der Waals surface area contributed by atoms with Gasteiger partial charge >= 0.3 is 0 Å². The lowest BCUT2D eigenvalue weighted by atomic mass is 10.0. The number of nitriles is 1. The maximum absolute atomic E-state index is 12.9. The Balaban J connectivity index is 2.58. The minimum atomic E-state index is -0.459. The first-order chi connectivity index (χ1) is 11.8. The fourth-order valence-corrected chi connectivity index (χ4v) is 3.06. The molecule has 25 heavy (non-hydrogen) atoms. The lowest BCUT2D eigenvalue weighted by molar-refractivity contribution is 0.796. The van der Waals surface area contributed by atoms with Crippen LogP contribution in [0.4, 0.5) is 0 Å². The minimum Gasteiger partial charge on any atom is -0.267 e. The highest BCUT2D eigenvalue weighted by molar-refractivity contribution is 6.41. The average Bonchev–Trinajstić information content (AvgIpc) is 2.56. The second-order valence-electron chi connectivity index (χ2n) is 6.00. The van der Waals surface area contributed by atoms with Crippen molar-refractivity contribution in [1.29, 1.82) is 5.26 Å². The summed E-state index contributed by atoms with van der Waals surface area (Å²) in [6.45, 7) is 5.87. The van der Waals surface area contributed by atoms with Crippen LogP contribution in [0.25, 0.3) is 16.7 Å². The van der Waals surface area contributed by atoms with Gasteiger partial charge in [0.2, 0.25) is 0 Å². The third kappa shape index (κ3) is 2.88. The molecule has 3 aromatic heterocycles. The molecular formula is C18H14Cl2N4O. The summed E-state index contributed by atoms with van der Waals surface area (Å²) in [5.41, 5.74) is 2.10. The van der Waals surface area contributed by atoms with E-state index >= 15 is 0 Å². The van der Waals surface area contributed by atoms with E-state index in [0.29, 0.717) is 16.7 Å². The molecule has 0 fully saturated rings. The van der Waals surface area contributed by atoms with E-state index in [9.17, 15) is 10.1 Å². The fourth-order valence-electron chi connectivity index (χ4n) is 2.76. The Morgan fingerprint density at radius 1 is 1.28 bits per heavy atom. The molecule has 0 spiro atoms. The van der Waals surface area contributed by atoms with E-state index in [1.54, 1.807) is 12.3 Å². The Morgan fingerprint density at radius 3 is 2.64 bits per heavy atom. The molecule has 0 radical (unpaired) electrons. The van der Waals surface area contributed by atoms with Gasteiger partial charge < -0.3 is 0 Å². The smallest absolute Gasteiger partial charge is 0.267 e. The second-order valence-corrected chi connectivity index (χ2v) is 6.77. The summed E-state index contributed by atoms with van der Waals surface area (Å²) in [5, 5.41) is 10.3. The molecule has 5 nitrogen and oxygen atoms in total. The fraction of sp³-hybridized carbons (Fsp3) is 0.222. The van der Waals surface area contributed by atoms with Crippen molar-refractivity contribution in [3.63, 3.8) is 0 Å². The number of halogens is 2. The zero-order chi connectivity index (χ0) is 18.3.